The van der Waals surface area contributed by atoms with Crippen LogP contribution in [-0.2, 0) is 0 Å². The third-order valence-corrected chi connectivity index (χ3v) is 4.10. The summed E-state index contributed by atoms with van der Waals surface area (Å²) in [6, 6.07) is 3.55. The van der Waals surface area contributed by atoms with Crippen LogP contribution >= 0.6 is 0 Å². The molecule has 1 aliphatic rings. The Bertz CT molecular complexity index is 698. The summed E-state index contributed by atoms with van der Waals surface area (Å²) in [6.45, 7) is 8.69. The molecule has 1 unspecified atom stereocenters. The van der Waals surface area contributed by atoms with E-state index in [4.69, 9.17) is 0 Å². The zero-order valence-electron chi connectivity index (χ0n) is 13.5. The van der Waals surface area contributed by atoms with Crippen LogP contribution in [0.5, 0.6) is 0 Å². The van der Waals surface area contributed by atoms with Crippen molar-refractivity contribution in [2.75, 3.05) is 31.5 Å². The highest BCUT2D eigenvalue weighted by Gasteiger charge is 2.23. The fourth-order valence-corrected chi connectivity index (χ4v) is 3.09. The summed E-state index contributed by atoms with van der Waals surface area (Å²) in [5.41, 5.74) is 0.478. The SMILES string of the molecule is CC(C)CN1CCC(CNc2ccc3ncc([N+](=O)[O-])n3n2)C1. The maximum Gasteiger partial charge on any atom is 0.368 e. The number of hydrogen-bond acceptors (Lipinski definition) is 6. The number of fused-ring (bicyclic) bond motifs is 1. The highest BCUT2D eigenvalue weighted by atomic mass is 16.6. The van der Waals surface area contributed by atoms with Gasteiger partial charge in [0.25, 0.3) is 0 Å². The predicted molar refractivity (Wildman–Crippen MR) is 87.5 cm³/mol. The molecule has 0 amide bonds. The van der Waals surface area contributed by atoms with E-state index in [2.05, 4.69) is 34.1 Å². The third kappa shape index (κ3) is 3.58. The van der Waals surface area contributed by atoms with E-state index >= 15 is 0 Å². The summed E-state index contributed by atoms with van der Waals surface area (Å²) in [4.78, 5) is 17.0. The molecule has 124 valence electrons. The number of nitrogens with one attached hydrogen (secondary N) is 1. The van der Waals surface area contributed by atoms with E-state index in [1.165, 1.54) is 17.1 Å². The summed E-state index contributed by atoms with van der Waals surface area (Å²) in [5.74, 6) is 1.80. The summed E-state index contributed by atoms with van der Waals surface area (Å²) < 4.78 is 1.27. The highest BCUT2D eigenvalue weighted by molar-refractivity contribution is 5.48. The molecule has 8 nitrogen and oxygen atoms in total. The summed E-state index contributed by atoms with van der Waals surface area (Å²) >= 11 is 0. The van der Waals surface area contributed by atoms with E-state index in [9.17, 15) is 10.1 Å². The van der Waals surface area contributed by atoms with Gasteiger partial charge in [0, 0.05) is 25.7 Å². The van der Waals surface area contributed by atoms with Crippen LogP contribution in [0.25, 0.3) is 5.65 Å². The highest BCUT2D eigenvalue weighted by Crippen LogP contribution is 2.19. The Morgan fingerprint density at radius 3 is 3.04 bits per heavy atom. The van der Waals surface area contributed by atoms with Crippen molar-refractivity contribution in [3.63, 3.8) is 0 Å². The summed E-state index contributed by atoms with van der Waals surface area (Å²) in [7, 11) is 0. The first kappa shape index (κ1) is 15.7. The Morgan fingerprint density at radius 1 is 1.48 bits per heavy atom. The Balaban J connectivity index is 1.61. The van der Waals surface area contributed by atoms with E-state index in [1.807, 2.05) is 6.07 Å². The molecule has 0 aliphatic carbocycles. The summed E-state index contributed by atoms with van der Waals surface area (Å²) in [6.07, 6.45) is 2.40. The lowest BCUT2D eigenvalue weighted by atomic mass is 10.1. The summed E-state index contributed by atoms with van der Waals surface area (Å²) in [5, 5.41) is 18.5. The lowest BCUT2D eigenvalue weighted by Gasteiger charge is -2.18. The number of rotatable bonds is 6. The van der Waals surface area contributed by atoms with Crippen molar-refractivity contribution in [1.29, 1.82) is 0 Å². The molecule has 0 bridgehead atoms. The molecule has 0 aromatic carbocycles. The van der Waals surface area contributed by atoms with E-state index in [0.29, 0.717) is 23.3 Å². The molecule has 1 fully saturated rings. The van der Waals surface area contributed by atoms with Crippen LogP contribution in [0.3, 0.4) is 0 Å². The molecule has 1 atom stereocenters. The second-order valence-electron chi connectivity index (χ2n) is 6.55. The van der Waals surface area contributed by atoms with Gasteiger partial charge in [0.15, 0.2) is 5.82 Å². The monoisotopic (exact) mass is 318 g/mol. The fraction of sp³-hybridized carbons (Fsp3) is 0.600. The lowest BCUT2D eigenvalue weighted by Crippen LogP contribution is -2.26. The van der Waals surface area contributed by atoms with Crippen molar-refractivity contribution >= 4 is 17.3 Å². The third-order valence-electron chi connectivity index (χ3n) is 4.10. The standard InChI is InChI=1S/C15H22N6O2/c1-11(2)9-19-6-5-12(10-19)7-16-13-3-4-14-17-8-15(21(22)23)20(14)18-13/h3-4,8,11-12H,5-7,9-10H2,1-2H3,(H,16,18). The molecule has 23 heavy (non-hydrogen) atoms. The van der Waals surface area contributed by atoms with E-state index in [-0.39, 0.29) is 5.82 Å². The van der Waals surface area contributed by atoms with Gasteiger partial charge in [-0.2, -0.15) is 0 Å². The molecule has 0 saturated carbocycles. The van der Waals surface area contributed by atoms with Crippen molar-refractivity contribution in [1.82, 2.24) is 19.5 Å². The topological polar surface area (TPSA) is 88.6 Å². The van der Waals surface area contributed by atoms with Gasteiger partial charge in [0.1, 0.15) is 6.20 Å². The number of hydrogen-bond donors (Lipinski definition) is 1. The van der Waals surface area contributed by atoms with E-state index < -0.39 is 4.92 Å². The molecule has 3 rings (SSSR count). The number of nitro groups is 1. The predicted octanol–water partition coefficient (Wildman–Crippen LogP) is 2.03. The minimum Gasteiger partial charge on any atom is -0.367 e. The van der Waals surface area contributed by atoms with Crippen LogP contribution in [0.2, 0.25) is 0 Å². The van der Waals surface area contributed by atoms with Crippen LogP contribution in [0.4, 0.5) is 11.6 Å². The van der Waals surface area contributed by atoms with Gasteiger partial charge in [0.2, 0.25) is 5.65 Å². The molecule has 1 aliphatic heterocycles. The number of imidazole rings is 1. The first-order valence-electron chi connectivity index (χ1n) is 7.98. The molecule has 0 radical (unpaired) electrons. The second kappa shape index (κ2) is 6.49. The molecule has 2 aromatic heterocycles. The number of likely N-dealkylation sites (tertiary alicyclic amines) is 1. The average molecular weight is 318 g/mol. The first-order chi connectivity index (χ1) is 11.0. The van der Waals surface area contributed by atoms with Crippen LogP contribution in [0.15, 0.2) is 18.3 Å². The van der Waals surface area contributed by atoms with Gasteiger partial charge in [0.05, 0.1) is 0 Å². The number of aromatic nitrogens is 3. The van der Waals surface area contributed by atoms with Gasteiger partial charge in [-0.1, -0.05) is 23.5 Å². The first-order valence-corrected chi connectivity index (χ1v) is 7.98. The fourth-order valence-electron chi connectivity index (χ4n) is 3.09. The van der Waals surface area contributed by atoms with Gasteiger partial charge in [-0.3, -0.25) is 0 Å². The van der Waals surface area contributed by atoms with Gasteiger partial charge in [-0.25, -0.2) is 4.98 Å². The Kier molecular flexibility index (Phi) is 4.42. The van der Waals surface area contributed by atoms with Crippen LogP contribution < -0.4 is 5.32 Å². The number of anilines is 1. The maximum absolute atomic E-state index is 11.0. The van der Waals surface area contributed by atoms with E-state index in [1.54, 1.807) is 6.07 Å². The molecular weight excluding hydrogens is 296 g/mol. The van der Waals surface area contributed by atoms with Crippen LogP contribution in [-0.4, -0.2) is 50.6 Å². The normalized spacial score (nSPS) is 18.8. The number of nitrogens with zero attached hydrogens (tertiary/aromatic N) is 5. The molecule has 3 heterocycles. The molecule has 2 aromatic rings. The van der Waals surface area contributed by atoms with Gasteiger partial charge in [-0.05, 0) is 35.8 Å². The van der Waals surface area contributed by atoms with Gasteiger partial charge >= 0.3 is 5.82 Å². The van der Waals surface area contributed by atoms with Gasteiger partial charge < -0.3 is 20.3 Å². The minimum absolute atomic E-state index is 0.118. The quantitative estimate of drug-likeness (QED) is 0.647. The Labute approximate surface area is 134 Å². The minimum atomic E-state index is -0.475. The van der Waals surface area contributed by atoms with Crippen molar-refractivity contribution in [2.45, 2.75) is 20.3 Å². The average Bonchev–Trinajstić information content (AvgIpc) is 3.10. The molecule has 1 saturated heterocycles. The molecule has 0 spiro atoms. The van der Waals surface area contributed by atoms with Crippen LogP contribution in [0.1, 0.15) is 20.3 Å². The molecular formula is C15H22N6O2. The second-order valence-corrected chi connectivity index (χ2v) is 6.55. The van der Waals surface area contributed by atoms with Crippen LogP contribution in [0, 0.1) is 22.0 Å². The Hall–Kier alpha value is -2.22. The van der Waals surface area contributed by atoms with Crippen molar-refractivity contribution in [2.24, 2.45) is 11.8 Å². The zero-order chi connectivity index (χ0) is 16.4. The van der Waals surface area contributed by atoms with E-state index in [0.717, 1.165) is 26.2 Å². The Morgan fingerprint density at radius 2 is 2.30 bits per heavy atom. The van der Waals surface area contributed by atoms with Gasteiger partial charge in [-0.15, -0.1) is 0 Å². The maximum atomic E-state index is 11.0. The van der Waals surface area contributed by atoms with Crippen molar-refractivity contribution < 1.29 is 4.92 Å². The molecule has 8 heteroatoms. The zero-order valence-corrected chi connectivity index (χ0v) is 13.5. The van der Waals surface area contributed by atoms with Crippen molar-refractivity contribution in [3.8, 4) is 0 Å². The van der Waals surface area contributed by atoms with Crippen molar-refractivity contribution in [3.05, 3.63) is 28.4 Å². The smallest absolute Gasteiger partial charge is 0.367 e. The largest absolute Gasteiger partial charge is 0.368 e. The molecule has 1 N–H and O–H groups in total. The lowest BCUT2D eigenvalue weighted by molar-refractivity contribution is -0.391.